The molecule has 0 unspecified atom stereocenters. The summed E-state index contributed by atoms with van der Waals surface area (Å²) in [5.74, 6) is 0.648. The first kappa shape index (κ1) is 26.1. The molecule has 3 N–H and O–H groups in total. The van der Waals surface area contributed by atoms with Gasteiger partial charge in [0.15, 0.2) is 17.2 Å². The Kier molecular flexibility index (Phi) is 7.11. The standard InChI is InChI=1S/C24H30N6O7S/c1-24(2)21(31)30-16-5-6-17(13-16)36-23(32)25-9-11-35-12-10-27-38(33,34)18-7-3-15(4-8-18)28-22-26-14-19(37-24)20(30)29-22/h3-4,7-8,14,16-17,27H,5-6,9-13H2,1-2H3,(H,25,32)(H,26,28,29)/t16-,17-/m0/s1. The monoisotopic (exact) mass is 546 g/mol. The third-order valence-corrected chi connectivity index (χ3v) is 8.01. The summed E-state index contributed by atoms with van der Waals surface area (Å²) in [4.78, 5) is 36.3. The molecule has 3 aliphatic heterocycles. The van der Waals surface area contributed by atoms with Gasteiger partial charge in [0, 0.05) is 31.2 Å². The average Bonchev–Trinajstić information content (AvgIpc) is 3.32. The maximum Gasteiger partial charge on any atom is 0.407 e. The van der Waals surface area contributed by atoms with Crippen LogP contribution < -0.4 is 25.0 Å². The zero-order chi connectivity index (χ0) is 26.9. The Morgan fingerprint density at radius 1 is 1.08 bits per heavy atom. The van der Waals surface area contributed by atoms with Crippen LogP contribution in [0.25, 0.3) is 0 Å². The molecule has 204 valence electrons. The number of hydrogen-bond acceptors (Lipinski definition) is 10. The number of carbonyl (C=O) groups excluding carboxylic acids is 2. The van der Waals surface area contributed by atoms with Gasteiger partial charge in [0.1, 0.15) is 6.10 Å². The van der Waals surface area contributed by atoms with Crippen molar-refractivity contribution >= 4 is 39.5 Å². The van der Waals surface area contributed by atoms with Gasteiger partial charge in [-0.2, -0.15) is 4.98 Å². The van der Waals surface area contributed by atoms with E-state index in [4.69, 9.17) is 14.2 Å². The lowest BCUT2D eigenvalue weighted by molar-refractivity contribution is -0.133. The number of alkyl carbamates (subject to hydrolysis) is 1. The number of carbonyl (C=O) groups is 2. The summed E-state index contributed by atoms with van der Waals surface area (Å²) in [6.07, 6.45) is 2.24. The van der Waals surface area contributed by atoms with Crippen LogP contribution in [-0.4, -0.2) is 74.4 Å². The lowest BCUT2D eigenvalue weighted by Gasteiger charge is -2.40. The highest BCUT2D eigenvalue weighted by atomic mass is 32.2. The number of benzene rings is 1. The predicted molar refractivity (Wildman–Crippen MR) is 136 cm³/mol. The Hall–Kier alpha value is -3.49. The molecule has 0 radical (unpaired) electrons. The van der Waals surface area contributed by atoms with Crippen LogP contribution in [0.1, 0.15) is 33.1 Å². The largest absolute Gasteiger partial charge is 0.472 e. The van der Waals surface area contributed by atoms with Crippen LogP contribution in [-0.2, 0) is 24.3 Å². The zero-order valence-electron chi connectivity index (χ0n) is 21.1. The normalized spacial score (nSPS) is 25.2. The molecule has 2 atom stereocenters. The fraction of sp³-hybridized carbons (Fsp3) is 0.500. The minimum atomic E-state index is -3.74. The van der Waals surface area contributed by atoms with Gasteiger partial charge in [0.05, 0.1) is 24.3 Å². The summed E-state index contributed by atoms with van der Waals surface area (Å²) in [5, 5.41) is 5.69. The van der Waals surface area contributed by atoms with E-state index < -0.39 is 21.7 Å². The van der Waals surface area contributed by atoms with Crippen LogP contribution in [0, 0.1) is 0 Å². The number of hydrogen-bond donors (Lipinski definition) is 3. The molecule has 13 nitrogen and oxygen atoms in total. The first-order valence-electron chi connectivity index (χ1n) is 12.4. The van der Waals surface area contributed by atoms with E-state index in [1.54, 1.807) is 30.9 Å². The van der Waals surface area contributed by atoms with Gasteiger partial charge in [0.25, 0.3) is 5.91 Å². The van der Waals surface area contributed by atoms with Crippen molar-refractivity contribution in [1.82, 2.24) is 20.0 Å². The average molecular weight is 547 g/mol. The zero-order valence-corrected chi connectivity index (χ0v) is 21.9. The lowest BCUT2D eigenvalue weighted by Crippen LogP contribution is -2.56. The van der Waals surface area contributed by atoms with Crippen molar-refractivity contribution in [2.45, 2.75) is 55.8 Å². The summed E-state index contributed by atoms with van der Waals surface area (Å²) in [5.41, 5.74) is -0.563. The number of anilines is 3. The van der Waals surface area contributed by atoms with Crippen molar-refractivity contribution in [3.05, 3.63) is 30.5 Å². The lowest BCUT2D eigenvalue weighted by atomic mass is 10.0. The molecule has 2 aromatic rings. The number of rotatable bonds is 0. The van der Waals surface area contributed by atoms with Gasteiger partial charge in [-0.1, -0.05) is 0 Å². The molecule has 4 heterocycles. The minimum Gasteiger partial charge on any atom is -0.472 e. The smallest absolute Gasteiger partial charge is 0.407 e. The van der Waals surface area contributed by atoms with E-state index in [1.807, 2.05) is 0 Å². The second-order valence-corrected chi connectivity index (χ2v) is 11.5. The highest BCUT2D eigenvalue weighted by Crippen LogP contribution is 2.41. The molecule has 4 aliphatic rings. The topological polar surface area (TPSA) is 161 Å². The van der Waals surface area contributed by atoms with Crippen LogP contribution in [0.3, 0.4) is 0 Å². The number of amides is 2. The van der Waals surface area contributed by atoms with Crippen molar-refractivity contribution in [2.24, 2.45) is 0 Å². The van der Waals surface area contributed by atoms with E-state index in [9.17, 15) is 18.0 Å². The van der Waals surface area contributed by atoms with Crippen molar-refractivity contribution < 1.29 is 32.2 Å². The SMILES string of the molecule is CC1(C)Oc2cnc3nc2N(C1=O)[C@H]1CC[C@@H](C1)OC(=O)NCCOCCNS(=O)(=O)c1ccc(cc1)N3. The van der Waals surface area contributed by atoms with E-state index in [-0.39, 0.29) is 55.2 Å². The number of nitrogens with zero attached hydrogens (tertiary/aromatic N) is 3. The maximum absolute atomic E-state index is 13.5. The quantitative estimate of drug-likeness (QED) is 0.415. The van der Waals surface area contributed by atoms with Gasteiger partial charge in [0.2, 0.25) is 16.0 Å². The van der Waals surface area contributed by atoms with Crippen LogP contribution in [0.5, 0.6) is 5.75 Å². The molecule has 1 aromatic carbocycles. The van der Waals surface area contributed by atoms with Crippen LogP contribution >= 0.6 is 0 Å². The summed E-state index contributed by atoms with van der Waals surface area (Å²) in [6.45, 7) is 4.00. The molecule has 0 saturated heterocycles. The van der Waals surface area contributed by atoms with Crippen molar-refractivity contribution in [1.29, 1.82) is 0 Å². The fourth-order valence-corrected chi connectivity index (χ4v) is 5.68. The highest BCUT2D eigenvalue weighted by molar-refractivity contribution is 7.89. The van der Waals surface area contributed by atoms with E-state index in [0.29, 0.717) is 36.5 Å². The second kappa shape index (κ2) is 10.3. The highest BCUT2D eigenvalue weighted by Gasteiger charge is 2.47. The first-order valence-corrected chi connectivity index (χ1v) is 13.9. The molecule has 38 heavy (non-hydrogen) atoms. The first-order chi connectivity index (χ1) is 18.1. The van der Waals surface area contributed by atoms with E-state index in [0.717, 1.165) is 0 Å². The Bertz CT molecular complexity index is 1320. The molecule has 2 amide bonds. The van der Waals surface area contributed by atoms with Gasteiger partial charge >= 0.3 is 6.09 Å². The van der Waals surface area contributed by atoms with Gasteiger partial charge in [-0.05, 0) is 51.0 Å². The van der Waals surface area contributed by atoms with E-state index in [2.05, 4.69) is 25.3 Å². The Morgan fingerprint density at radius 3 is 2.63 bits per heavy atom. The molecule has 1 aliphatic carbocycles. The second-order valence-electron chi connectivity index (χ2n) is 9.75. The number of aromatic nitrogens is 2. The van der Waals surface area contributed by atoms with Gasteiger partial charge in [-0.15, -0.1) is 0 Å². The van der Waals surface area contributed by atoms with Crippen molar-refractivity contribution in [3.63, 3.8) is 0 Å². The molecule has 6 bridgehead atoms. The van der Waals surface area contributed by atoms with Crippen LogP contribution in [0.4, 0.5) is 22.2 Å². The molecule has 1 fully saturated rings. The van der Waals surface area contributed by atoms with E-state index in [1.165, 1.54) is 18.3 Å². The summed E-state index contributed by atoms with van der Waals surface area (Å²) in [7, 11) is -3.74. The van der Waals surface area contributed by atoms with E-state index >= 15 is 0 Å². The fourth-order valence-electron chi connectivity index (χ4n) is 4.67. The molecule has 6 rings (SSSR count). The molecule has 14 heteroatoms. The Morgan fingerprint density at radius 2 is 1.84 bits per heavy atom. The maximum atomic E-state index is 13.5. The van der Waals surface area contributed by atoms with Crippen molar-refractivity contribution in [2.75, 3.05) is 36.5 Å². The van der Waals surface area contributed by atoms with Gasteiger partial charge in [-0.3, -0.25) is 9.69 Å². The number of fused-ring (bicyclic) bond motifs is 11. The summed E-state index contributed by atoms with van der Waals surface area (Å²) >= 11 is 0. The number of ether oxygens (including phenoxy) is 3. The molecular weight excluding hydrogens is 516 g/mol. The summed E-state index contributed by atoms with van der Waals surface area (Å²) in [6, 6.07) is 5.88. The minimum absolute atomic E-state index is 0.0767. The third-order valence-electron chi connectivity index (χ3n) is 6.53. The number of sulfonamides is 1. The molecule has 1 aromatic heterocycles. The van der Waals surface area contributed by atoms with Gasteiger partial charge in [-0.25, -0.2) is 22.9 Å². The molecule has 0 spiro atoms. The Balaban J connectivity index is 1.46. The third kappa shape index (κ3) is 5.51. The molecular formula is C24H30N6O7S. The van der Waals surface area contributed by atoms with Crippen LogP contribution in [0.15, 0.2) is 35.4 Å². The van der Waals surface area contributed by atoms with Gasteiger partial charge < -0.3 is 24.8 Å². The van der Waals surface area contributed by atoms with Crippen molar-refractivity contribution in [3.8, 4) is 5.75 Å². The predicted octanol–water partition coefficient (Wildman–Crippen LogP) is 1.68. The summed E-state index contributed by atoms with van der Waals surface area (Å²) < 4.78 is 44.5. The Labute approximate surface area is 220 Å². The number of nitrogens with one attached hydrogen (secondary N) is 3. The van der Waals surface area contributed by atoms with Crippen LogP contribution in [0.2, 0.25) is 0 Å². The molecule has 1 saturated carbocycles.